The molecule has 2 rings (SSSR count). The molecule has 1 atom stereocenters. The average molecular weight is 332 g/mol. The molecule has 1 aliphatic rings. The highest BCUT2D eigenvalue weighted by atomic mass is 35.7. The Morgan fingerprint density at radius 3 is 2.62 bits per heavy atom. The quantitative estimate of drug-likeness (QED) is 0.807. The van der Waals surface area contributed by atoms with E-state index in [0.29, 0.717) is 19.4 Å². The van der Waals surface area contributed by atoms with Gasteiger partial charge in [-0.3, -0.25) is 4.79 Å². The summed E-state index contributed by atoms with van der Waals surface area (Å²) in [5.41, 5.74) is 0.941. The molecule has 0 aromatic heterocycles. The van der Waals surface area contributed by atoms with Crippen LogP contribution >= 0.6 is 10.7 Å². The predicted molar refractivity (Wildman–Crippen MR) is 79.8 cm³/mol. The normalized spacial score (nSPS) is 18.6. The fraction of sp³-hybridized carbons (Fsp3) is 0.500. The molecule has 1 fully saturated rings. The molecule has 21 heavy (non-hydrogen) atoms. The monoisotopic (exact) mass is 331 g/mol. The topological polar surface area (TPSA) is 72.5 Å². The summed E-state index contributed by atoms with van der Waals surface area (Å²) in [4.78, 5) is 11.8. The minimum Gasteiger partial charge on any atom is -0.378 e. The molecule has 0 bridgehead atoms. The predicted octanol–water partition coefficient (Wildman–Crippen LogP) is 1.84. The molecule has 1 unspecified atom stereocenters. The first-order chi connectivity index (χ1) is 9.95. The summed E-state index contributed by atoms with van der Waals surface area (Å²) in [6.45, 7) is 1.26. The summed E-state index contributed by atoms with van der Waals surface area (Å²) in [6.07, 6.45) is 3.07. The number of halogens is 1. The van der Waals surface area contributed by atoms with Crippen molar-refractivity contribution in [3.63, 3.8) is 0 Å². The van der Waals surface area contributed by atoms with Crippen LogP contribution in [0.25, 0.3) is 0 Å². The maximum absolute atomic E-state index is 11.7. The van der Waals surface area contributed by atoms with E-state index in [-0.39, 0.29) is 16.9 Å². The van der Waals surface area contributed by atoms with E-state index in [9.17, 15) is 13.2 Å². The zero-order valence-electron chi connectivity index (χ0n) is 11.5. The molecule has 1 heterocycles. The van der Waals surface area contributed by atoms with Gasteiger partial charge in [-0.25, -0.2) is 8.42 Å². The molecule has 1 aliphatic heterocycles. The van der Waals surface area contributed by atoms with E-state index in [2.05, 4.69) is 5.32 Å². The van der Waals surface area contributed by atoms with Gasteiger partial charge in [-0.05, 0) is 37.0 Å². The molecule has 7 heteroatoms. The Labute approximate surface area is 129 Å². The van der Waals surface area contributed by atoms with Gasteiger partial charge in [0, 0.05) is 23.8 Å². The van der Waals surface area contributed by atoms with E-state index in [1.807, 2.05) is 0 Å². The molecule has 0 aliphatic carbocycles. The number of ether oxygens (including phenoxy) is 1. The highest BCUT2D eigenvalue weighted by Crippen LogP contribution is 2.16. The Balaban J connectivity index is 1.74. The Kier molecular flexibility index (Phi) is 5.61. The summed E-state index contributed by atoms with van der Waals surface area (Å²) in [6, 6.07) is 6.32. The lowest BCUT2D eigenvalue weighted by Gasteiger charge is -2.09. The van der Waals surface area contributed by atoms with Crippen LogP contribution in [-0.4, -0.2) is 33.6 Å². The zero-order chi connectivity index (χ0) is 15.3. The van der Waals surface area contributed by atoms with Gasteiger partial charge in [0.2, 0.25) is 5.91 Å². The van der Waals surface area contributed by atoms with E-state index < -0.39 is 9.05 Å². The highest BCUT2D eigenvalue weighted by Gasteiger charge is 2.18. The van der Waals surface area contributed by atoms with Crippen molar-refractivity contribution in [3.8, 4) is 0 Å². The van der Waals surface area contributed by atoms with Gasteiger partial charge in [0.25, 0.3) is 9.05 Å². The fourth-order valence-electron chi connectivity index (χ4n) is 2.25. The lowest BCUT2D eigenvalue weighted by atomic mass is 10.1. The van der Waals surface area contributed by atoms with Gasteiger partial charge in [0.1, 0.15) is 0 Å². The van der Waals surface area contributed by atoms with E-state index >= 15 is 0 Å². The van der Waals surface area contributed by atoms with Crippen molar-refractivity contribution in [2.24, 2.45) is 0 Å². The Bertz CT molecular complexity index is 579. The summed E-state index contributed by atoms with van der Waals surface area (Å²) < 4.78 is 27.6. The van der Waals surface area contributed by atoms with E-state index in [1.165, 1.54) is 12.1 Å². The van der Waals surface area contributed by atoms with Crippen LogP contribution < -0.4 is 5.32 Å². The number of amides is 1. The maximum atomic E-state index is 11.7. The van der Waals surface area contributed by atoms with Gasteiger partial charge < -0.3 is 10.1 Å². The lowest BCUT2D eigenvalue weighted by Crippen LogP contribution is -2.28. The fourth-order valence-corrected chi connectivity index (χ4v) is 3.02. The molecule has 0 radical (unpaired) electrons. The Morgan fingerprint density at radius 1 is 1.33 bits per heavy atom. The van der Waals surface area contributed by atoms with Crippen LogP contribution in [-0.2, 0) is 25.0 Å². The zero-order valence-corrected chi connectivity index (χ0v) is 13.1. The molecule has 1 saturated heterocycles. The molecule has 0 spiro atoms. The highest BCUT2D eigenvalue weighted by molar-refractivity contribution is 8.13. The first kappa shape index (κ1) is 16.3. The van der Waals surface area contributed by atoms with Gasteiger partial charge in [-0.2, -0.15) is 0 Å². The number of rotatable bonds is 6. The molecule has 1 aromatic carbocycles. The van der Waals surface area contributed by atoms with Crippen molar-refractivity contribution in [1.82, 2.24) is 5.32 Å². The van der Waals surface area contributed by atoms with Crippen molar-refractivity contribution in [3.05, 3.63) is 29.8 Å². The second-order valence-corrected chi connectivity index (χ2v) is 7.59. The van der Waals surface area contributed by atoms with E-state index in [0.717, 1.165) is 25.0 Å². The Hall–Kier alpha value is -1.11. The Morgan fingerprint density at radius 2 is 2.05 bits per heavy atom. The number of carbonyl (C=O) groups is 1. The number of benzene rings is 1. The van der Waals surface area contributed by atoms with Crippen molar-refractivity contribution < 1.29 is 17.9 Å². The largest absolute Gasteiger partial charge is 0.378 e. The third-order valence-electron chi connectivity index (χ3n) is 3.38. The molecule has 0 saturated carbocycles. The standard InChI is InChI=1S/C14H18ClNO4S/c15-21(18,19)13-5-3-11(4-6-13)7-8-16-14(17)10-12-2-1-9-20-12/h3-6,12H,1-2,7-10H2,(H,16,17). The molecular formula is C14H18ClNO4S. The number of hydrogen-bond acceptors (Lipinski definition) is 4. The summed E-state index contributed by atoms with van der Waals surface area (Å²) in [5.74, 6) is -0.0122. The molecule has 116 valence electrons. The van der Waals surface area contributed by atoms with Crippen LogP contribution in [0.15, 0.2) is 29.2 Å². The first-order valence-electron chi connectivity index (χ1n) is 6.87. The summed E-state index contributed by atoms with van der Waals surface area (Å²) in [5, 5.41) is 2.84. The van der Waals surface area contributed by atoms with Crippen LogP contribution in [0.4, 0.5) is 0 Å². The van der Waals surface area contributed by atoms with Crippen LogP contribution in [0.2, 0.25) is 0 Å². The van der Waals surface area contributed by atoms with Crippen LogP contribution in [0.5, 0.6) is 0 Å². The van der Waals surface area contributed by atoms with Gasteiger partial charge >= 0.3 is 0 Å². The van der Waals surface area contributed by atoms with E-state index in [1.54, 1.807) is 12.1 Å². The lowest BCUT2D eigenvalue weighted by molar-refractivity contribution is -0.123. The third-order valence-corrected chi connectivity index (χ3v) is 4.75. The van der Waals surface area contributed by atoms with Crippen molar-refractivity contribution >= 4 is 25.6 Å². The number of carbonyl (C=O) groups excluding carboxylic acids is 1. The van der Waals surface area contributed by atoms with Crippen LogP contribution in [0.3, 0.4) is 0 Å². The smallest absolute Gasteiger partial charge is 0.261 e. The van der Waals surface area contributed by atoms with Gasteiger partial charge in [-0.1, -0.05) is 12.1 Å². The minimum absolute atomic E-state index is 0.0122. The summed E-state index contributed by atoms with van der Waals surface area (Å²) >= 11 is 0. The van der Waals surface area contributed by atoms with Crippen molar-refractivity contribution in [1.29, 1.82) is 0 Å². The maximum Gasteiger partial charge on any atom is 0.261 e. The average Bonchev–Trinajstić information content (AvgIpc) is 2.91. The first-order valence-corrected chi connectivity index (χ1v) is 9.18. The van der Waals surface area contributed by atoms with Crippen LogP contribution in [0, 0.1) is 0 Å². The molecule has 1 N–H and O–H groups in total. The number of nitrogens with one attached hydrogen (secondary N) is 1. The second-order valence-electron chi connectivity index (χ2n) is 5.02. The molecule has 1 aromatic rings. The van der Waals surface area contributed by atoms with Gasteiger partial charge in [0.15, 0.2) is 0 Å². The number of hydrogen-bond donors (Lipinski definition) is 1. The van der Waals surface area contributed by atoms with Gasteiger partial charge in [-0.15, -0.1) is 0 Å². The van der Waals surface area contributed by atoms with Crippen molar-refractivity contribution in [2.75, 3.05) is 13.2 Å². The minimum atomic E-state index is -3.68. The van der Waals surface area contributed by atoms with E-state index in [4.69, 9.17) is 15.4 Å². The third kappa shape index (κ3) is 5.30. The summed E-state index contributed by atoms with van der Waals surface area (Å²) in [7, 11) is 1.56. The van der Waals surface area contributed by atoms with Gasteiger partial charge in [0.05, 0.1) is 17.4 Å². The van der Waals surface area contributed by atoms with Crippen molar-refractivity contribution in [2.45, 2.75) is 36.7 Å². The van der Waals surface area contributed by atoms with Crippen LogP contribution in [0.1, 0.15) is 24.8 Å². The molecule has 5 nitrogen and oxygen atoms in total. The SMILES string of the molecule is O=C(CC1CCCO1)NCCc1ccc(S(=O)(=O)Cl)cc1. The second kappa shape index (κ2) is 7.24. The molecule has 1 amide bonds. The molecular weight excluding hydrogens is 314 g/mol.